The smallest absolute Gasteiger partial charge is 0.390 e. The number of alkyl halides is 6. The van der Waals surface area contributed by atoms with Crippen LogP contribution in [0.5, 0.6) is 0 Å². The molecule has 2 fully saturated rings. The fourth-order valence-corrected chi connectivity index (χ4v) is 4.39. The molecular weight excluding hydrogens is 488 g/mol. The van der Waals surface area contributed by atoms with E-state index in [0.717, 1.165) is 12.1 Å². The number of hydrogen-bond acceptors (Lipinski definition) is 6. The van der Waals surface area contributed by atoms with Gasteiger partial charge in [0.25, 0.3) is 0 Å². The lowest BCUT2D eigenvalue weighted by Gasteiger charge is -2.38. The van der Waals surface area contributed by atoms with Crippen LogP contribution in [0.4, 0.5) is 32.3 Å². The highest BCUT2D eigenvalue weighted by atomic mass is 35.5. The lowest BCUT2D eigenvalue weighted by atomic mass is 10.1. The van der Waals surface area contributed by atoms with Crippen LogP contribution in [0.25, 0.3) is 0 Å². The van der Waals surface area contributed by atoms with Gasteiger partial charge in [-0.15, -0.1) is 0 Å². The number of aliphatic hydroxyl groups is 1. The first kappa shape index (κ1) is 25.0. The summed E-state index contributed by atoms with van der Waals surface area (Å²) in [4.78, 5) is 12.1. The summed E-state index contributed by atoms with van der Waals surface area (Å²) in [7, 11) is 0. The Labute approximate surface area is 196 Å². The summed E-state index contributed by atoms with van der Waals surface area (Å²) in [6.07, 6.45) is -11.1. The number of aromatic nitrogens is 2. The van der Waals surface area contributed by atoms with Crippen molar-refractivity contribution in [2.75, 3.05) is 44.2 Å². The standard InChI is InChI=1S/C21H22ClF6N5O/c22-14-3-1-13(2-4-14)10-31-5-7-32(8-6-31)15-11-33(12-16(15)34)19-29-17(20(23,24)25)9-18(30-19)21(26,27)28/h1-4,9,15-16,34H,5-8,10-12H2. The van der Waals surface area contributed by atoms with Crippen molar-refractivity contribution in [1.29, 1.82) is 0 Å². The summed E-state index contributed by atoms with van der Waals surface area (Å²) in [6, 6.07) is 6.96. The highest BCUT2D eigenvalue weighted by Gasteiger charge is 2.42. The minimum absolute atomic E-state index is 0.0248. The van der Waals surface area contributed by atoms with Gasteiger partial charge in [0.2, 0.25) is 5.95 Å². The number of nitrogens with zero attached hydrogens (tertiary/aromatic N) is 5. The van der Waals surface area contributed by atoms with Gasteiger partial charge in [-0.1, -0.05) is 23.7 Å². The lowest BCUT2D eigenvalue weighted by molar-refractivity contribution is -0.147. The number of rotatable bonds is 4. The largest absolute Gasteiger partial charge is 0.433 e. The molecule has 3 heterocycles. The predicted molar refractivity (Wildman–Crippen MR) is 112 cm³/mol. The second kappa shape index (κ2) is 9.48. The van der Waals surface area contributed by atoms with Crippen molar-refractivity contribution in [3.05, 3.63) is 52.3 Å². The molecule has 34 heavy (non-hydrogen) atoms. The zero-order valence-corrected chi connectivity index (χ0v) is 18.6. The van der Waals surface area contributed by atoms with Crippen LogP contribution >= 0.6 is 11.6 Å². The van der Waals surface area contributed by atoms with E-state index < -0.39 is 41.8 Å². The monoisotopic (exact) mass is 509 g/mol. The Bertz CT molecular complexity index is 962. The summed E-state index contributed by atoms with van der Waals surface area (Å²) >= 11 is 5.91. The molecule has 6 nitrogen and oxygen atoms in total. The summed E-state index contributed by atoms with van der Waals surface area (Å²) in [6.45, 7) is 3.18. The summed E-state index contributed by atoms with van der Waals surface area (Å²) in [5.74, 6) is -0.690. The van der Waals surface area contributed by atoms with Gasteiger partial charge in [-0.05, 0) is 23.8 Å². The predicted octanol–water partition coefficient (Wildman–Crippen LogP) is 3.53. The first-order valence-electron chi connectivity index (χ1n) is 10.6. The van der Waals surface area contributed by atoms with E-state index in [0.29, 0.717) is 31.2 Å². The molecule has 2 aromatic rings. The second-order valence-electron chi connectivity index (χ2n) is 8.41. The number of piperazine rings is 1. The Morgan fingerprint density at radius 1 is 0.882 bits per heavy atom. The Kier molecular flexibility index (Phi) is 6.96. The molecule has 0 radical (unpaired) electrons. The van der Waals surface area contributed by atoms with Gasteiger partial charge < -0.3 is 10.0 Å². The molecule has 2 aliphatic rings. The van der Waals surface area contributed by atoms with Crippen LogP contribution in [0.15, 0.2) is 30.3 Å². The number of hydrogen-bond donors (Lipinski definition) is 1. The maximum atomic E-state index is 13.1. The number of halogens is 7. The highest BCUT2D eigenvalue weighted by molar-refractivity contribution is 6.30. The fraction of sp³-hybridized carbons (Fsp3) is 0.524. The van der Waals surface area contributed by atoms with Gasteiger partial charge in [-0.25, -0.2) is 9.97 Å². The van der Waals surface area contributed by atoms with E-state index in [-0.39, 0.29) is 19.2 Å². The number of anilines is 1. The van der Waals surface area contributed by atoms with Gasteiger partial charge >= 0.3 is 12.4 Å². The average Bonchev–Trinajstić information content (AvgIpc) is 3.16. The molecule has 0 aliphatic carbocycles. The molecule has 186 valence electrons. The Balaban J connectivity index is 1.42. The van der Waals surface area contributed by atoms with Crippen LogP contribution in [0.2, 0.25) is 5.02 Å². The fourth-order valence-electron chi connectivity index (χ4n) is 4.26. The second-order valence-corrected chi connectivity index (χ2v) is 8.85. The lowest BCUT2D eigenvalue weighted by Crippen LogP contribution is -2.53. The minimum Gasteiger partial charge on any atom is -0.390 e. The third-order valence-electron chi connectivity index (χ3n) is 6.03. The van der Waals surface area contributed by atoms with E-state index in [1.165, 1.54) is 4.90 Å². The highest BCUT2D eigenvalue weighted by Crippen LogP contribution is 2.35. The molecule has 2 unspecified atom stereocenters. The molecule has 0 spiro atoms. The van der Waals surface area contributed by atoms with Crippen LogP contribution in [-0.4, -0.2) is 76.3 Å². The molecule has 0 bridgehead atoms. The molecule has 1 N–H and O–H groups in total. The molecule has 1 aromatic carbocycles. The van der Waals surface area contributed by atoms with Crippen molar-refractivity contribution in [2.24, 2.45) is 0 Å². The molecular formula is C21H22ClF6N5O. The molecule has 13 heteroatoms. The first-order chi connectivity index (χ1) is 15.9. The number of benzene rings is 1. The van der Waals surface area contributed by atoms with Crippen molar-refractivity contribution in [1.82, 2.24) is 19.8 Å². The van der Waals surface area contributed by atoms with E-state index in [4.69, 9.17) is 11.6 Å². The minimum atomic E-state index is -5.06. The zero-order chi connectivity index (χ0) is 24.7. The quantitative estimate of drug-likeness (QED) is 0.637. The van der Waals surface area contributed by atoms with Gasteiger partial charge in [0, 0.05) is 50.8 Å². The zero-order valence-electron chi connectivity index (χ0n) is 17.8. The van der Waals surface area contributed by atoms with Crippen molar-refractivity contribution < 1.29 is 31.4 Å². The molecule has 2 saturated heterocycles. The van der Waals surface area contributed by atoms with Crippen molar-refractivity contribution in [3.63, 3.8) is 0 Å². The normalized spacial score (nSPS) is 23.0. The van der Waals surface area contributed by atoms with Gasteiger partial charge in [0.1, 0.15) is 0 Å². The van der Waals surface area contributed by atoms with Crippen molar-refractivity contribution in [2.45, 2.75) is 31.0 Å². The summed E-state index contributed by atoms with van der Waals surface area (Å²) < 4.78 is 78.8. The molecule has 2 aliphatic heterocycles. The topological polar surface area (TPSA) is 55.7 Å². The maximum absolute atomic E-state index is 13.1. The average molecular weight is 510 g/mol. The van der Waals surface area contributed by atoms with Crippen LogP contribution < -0.4 is 4.90 Å². The van der Waals surface area contributed by atoms with Crippen LogP contribution in [-0.2, 0) is 18.9 Å². The van der Waals surface area contributed by atoms with Gasteiger partial charge in [-0.2, -0.15) is 26.3 Å². The van der Waals surface area contributed by atoms with Gasteiger partial charge in [0.15, 0.2) is 11.4 Å². The van der Waals surface area contributed by atoms with Gasteiger partial charge in [0.05, 0.1) is 12.1 Å². The van der Waals surface area contributed by atoms with E-state index in [2.05, 4.69) is 14.9 Å². The van der Waals surface area contributed by atoms with Gasteiger partial charge in [-0.3, -0.25) is 9.80 Å². The number of aliphatic hydroxyl groups excluding tert-OH is 1. The molecule has 2 atom stereocenters. The molecule has 0 amide bonds. The van der Waals surface area contributed by atoms with E-state index in [9.17, 15) is 31.4 Å². The molecule has 4 rings (SSSR count). The summed E-state index contributed by atoms with van der Waals surface area (Å²) in [5.41, 5.74) is -2.23. The molecule has 1 aromatic heterocycles. The van der Waals surface area contributed by atoms with E-state index in [1.54, 1.807) is 0 Å². The Hall–Kier alpha value is -2.15. The number of β-amino-alcohol motifs (C(OH)–C–C–N with tert-alkyl or cyclic N) is 1. The Morgan fingerprint density at radius 2 is 1.44 bits per heavy atom. The van der Waals surface area contributed by atoms with Crippen LogP contribution in [0, 0.1) is 0 Å². The Morgan fingerprint density at radius 3 is 1.97 bits per heavy atom. The third-order valence-corrected chi connectivity index (χ3v) is 6.28. The van der Waals surface area contributed by atoms with Crippen molar-refractivity contribution in [3.8, 4) is 0 Å². The van der Waals surface area contributed by atoms with Crippen LogP contribution in [0.3, 0.4) is 0 Å². The summed E-state index contributed by atoms with van der Waals surface area (Å²) in [5, 5.41) is 11.2. The molecule has 0 saturated carbocycles. The van der Waals surface area contributed by atoms with E-state index in [1.807, 2.05) is 29.2 Å². The third kappa shape index (κ3) is 5.73. The van der Waals surface area contributed by atoms with E-state index >= 15 is 0 Å². The first-order valence-corrected chi connectivity index (χ1v) is 11.0. The van der Waals surface area contributed by atoms with Crippen molar-refractivity contribution >= 4 is 17.5 Å². The van der Waals surface area contributed by atoms with Crippen LogP contribution in [0.1, 0.15) is 17.0 Å². The SMILES string of the molecule is OC1CN(c2nc(C(F)(F)F)cc(C(F)(F)F)n2)CC1N1CCN(Cc2ccc(Cl)cc2)CC1. The maximum Gasteiger partial charge on any atom is 0.433 e.